The Hall–Kier alpha value is -4.40. The van der Waals surface area contributed by atoms with Gasteiger partial charge in [0.1, 0.15) is 11.6 Å². The molecule has 188 valence electrons. The topological polar surface area (TPSA) is 87.2 Å². The van der Waals surface area contributed by atoms with Crippen molar-refractivity contribution in [3.63, 3.8) is 0 Å². The van der Waals surface area contributed by atoms with Crippen LogP contribution in [0.1, 0.15) is 19.8 Å². The van der Waals surface area contributed by atoms with E-state index < -0.39 is 0 Å². The maximum atomic E-state index is 13.6. The Morgan fingerprint density at radius 2 is 1.46 bits per heavy atom. The number of amides is 3. The summed E-state index contributed by atoms with van der Waals surface area (Å²) >= 11 is 0. The third kappa shape index (κ3) is 5.55. The van der Waals surface area contributed by atoms with Crippen molar-refractivity contribution >= 4 is 28.7 Å². The van der Waals surface area contributed by atoms with Crippen LogP contribution in [0, 0.1) is 11.6 Å². The Kier molecular flexibility index (Phi) is 6.76. The van der Waals surface area contributed by atoms with E-state index in [2.05, 4.69) is 10.6 Å². The van der Waals surface area contributed by atoms with Gasteiger partial charge in [0.2, 0.25) is 5.91 Å². The number of urea groups is 1. The van der Waals surface area contributed by atoms with Crippen molar-refractivity contribution in [3.05, 3.63) is 78.4 Å². The number of piperidine rings is 1. The number of rotatable bonds is 4. The average molecular weight is 502 g/mol. The van der Waals surface area contributed by atoms with Crippen LogP contribution in [0.5, 0.6) is 0 Å². The number of nitrogens with zero attached hydrogens (tertiary/aromatic N) is 3. The number of carbonyl (C=O) groups excluding carboxylic acids is 2. The molecule has 1 fully saturated rings. The summed E-state index contributed by atoms with van der Waals surface area (Å²) in [6, 6.07) is 16.6. The Morgan fingerprint density at radius 1 is 0.865 bits per heavy atom. The molecule has 1 unspecified atom stereocenters. The molecule has 1 atom stereocenters. The first-order valence-electron chi connectivity index (χ1n) is 12.0. The second kappa shape index (κ2) is 10.3. The van der Waals surface area contributed by atoms with E-state index in [0.717, 1.165) is 12.8 Å². The number of fused-ring (bicyclic) bond motifs is 1. The molecule has 3 amide bonds. The second-order valence-electron chi connectivity index (χ2n) is 9.04. The zero-order valence-electron chi connectivity index (χ0n) is 20.2. The molecule has 2 heterocycles. The molecule has 37 heavy (non-hydrogen) atoms. The molecule has 0 spiro atoms. The van der Waals surface area contributed by atoms with E-state index in [-0.39, 0.29) is 29.6 Å². The van der Waals surface area contributed by atoms with Crippen molar-refractivity contribution in [2.75, 3.05) is 18.4 Å². The smallest absolute Gasteiger partial charge is 0.319 e. The lowest BCUT2D eigenvalue weighted by Crippen LogP contribution is -2.50. The van der Waals surface area contributed by atoms with Crippen molar-refractivity contribution in [1.29, 1.82) is 0 Å². The summed E-state index contributed by atoms with van der Waals surface area (Å²) in [4.78, 5) is 35.6. The summed E-state index contributed by atoms with van der Waals surface area (Å²) in [5, 5.41) is 5.76. The zero-order valence-corrected chi connectivity index (χ0v) is 20.2. The minimum Gasteiger partial charge on any atom is -0.341 e. The number of hydrogen-bond donors (Lipinski definition) is 2. The molecule has 7 nitrogen and oxygen atoms in total. The molecule has 4 aromatic rings. The Labute approximate surface area is 212 Å². The molecule has 0 aliphatic carbocycles. The molecular weight excluding hydrogens is 476 g/mol. The van der Waals surface area contributed by atoms with Crippen LogP contribution < -0.4 is 10.6 Å². The summed E-state index contributed by atoms with van der Waals surface area (Å²) in [5.41, 5.74) is 4.00. The molecule has 2 N–H and O–H groups in total. The quantitative estimate of drug-likeness (QED) is 0.393. The van der Waals surface area contributed by atoms with Gasteiger partial charge in [-0.2, -0.15) is 0 Å². The van der Waals surface area contributed by atoms with E-state index in [9.17, 15) is 18.4 Å². The molecule has 1 aliphatic rings. The van der Waals surface area contributed by atoms with E-state index in [4.69, 9.17) is 9.97 Å². The number of carbonyl (C=O) groups is 2. The molecule has 0 saturated carbocycles. The maximum Gasteiger partial charge on any atom is 0.319 e. The fourth-order valence-corrected chi connectivity index (χ4v) is 4.48. The monoisotopic (exact) mass is 501 g/mol. The van der Waals surface area contributed by atoms with Gasteiger partial charge in [0.15, 0.2) is 0 Å². The van der Waals surface area contributed by atoms with Gasteiger partial charge in [0.25, 0.3) is 0 Å². The highest BCUT2D eigenvalue weighted by Crippen LogP contribution is 2.32. The first-order valence-corrected chi connectivity index (χ1v) is 12.0. The van der Waals surface area contributed by atoms with Gasteiger partial charge in [-0.15, -0.1) is 0 Å². The number of likely N-dealkylation sites (tertiary alicyclic amines) is 1. The molecule has 1 saturated heterocycles. The van der Waals surface area contributed by atoms with Crippen LogP contribution in [-0.2, 0) is 4.79 Å². The maximum absolute atomic E-state index is 13.6. The molecule has 3 aromatic carbocycles. The van der Waals surface area contributed by atoms with Crippen LogP contribution in [0.25, 0.3) is 33.5 Å². The highest BCUT2D eigenvalue weighted by Gasteiger charge is 2.23. The van der Waals surface area contributed by atoms with Crippen LogP contribution in [0.4, 0.5) is 19.3 Å². The molecule has 0 bridgehead atoms. The van der Waals surface area contributed by atoms with Gasteiger partial charge in [-0.25, -0.2) is 23.5 Å². The van der Waals surface area contributed by atoms with Gasteiger partial charge >= 0.3 is 6.03 Å². The van der Waals surface area contributed by atoms with Crippen LogP contribution in [-0.4, -0.2) is 45.9 Å². The predicted octanol–water partition coefficient (Wildman–Crippen LogP) is 5.37. The van der Waals surface area contributed by atoms with Gasteiger partial charge in [0.05, 0.1) is 22.4 Å². The summed E-state index contributed by atoms with van der Waals surface area (Å²) in [6.07, 6.45) is 1.63. The Balaban J connectivity index is 1.44. The number of aromatic nitrogens is 2. The Bertz CT molecular complexity index is 1460. The normalized spacial score (nSPS) is 15.4. The van der Waals surface area contributed by atoms with Gasteiger partial charge in [-0.05, 0) is 79.6 Å². The van der Waals surface area contributed by atoms with Gasteiger partial charge in [-0.3, -0.25) is 4.79 Å². The largest absolute Gasteiger partial charge is 0.341 e. The van der Waals surface area contributed by atoms with Crippen molar-refractivity contribution in [2.45, 2.75) is 25.8 Å². The van der Waals surface area contributed by atoms with Gasteiger partial charge < -0.3 is 15.5 Å². The minimum atomic E-state index is -0.372. The molecule has 5 rings (SSSR count). The van der Waals surface area contributed by atoms with E-state index in [1.165, 1.54) is 31.2 Å². The Morgan fingerprint density at radius 3 is 2.05 bits per heavy atom. The van der Waals surface area contributed by atoms with Gasteiger partial charge in [0, 0.05) is 42.9 Å². The van der Waals surface area contributed by atoms with E-state index in [0.29, 0.717) is 52.3 Å². The molecule has 1 aliphatic heterocycles. The minimum absolute atomic E-state index is 0.00280. The average Bonchev–Trinajstić information content (AvgIpc) is 2.89. The van der Waals surface area contributed by atoms with Crippen LogP contribution in [0.15, 0.2) is 66.7 Å². The van der Waals surface area contributed by atoms with Crippen LogP contribution in [0.2, 0.25) is 0 Å². The number of nitrogens with one attached hydrogen (secondary N) is 2. The lowest BCUT2D eigenvalue weighted by atomic mass is 10.0. The first kappa shape index (κ1) is 24.3. The first-order chi connectivity index (χ1) is 17.9. The summed E-state index contributed by atoms with van der Waals surface area (Å²) in [5.74, 6) is -0.739. The van der Waals surface area contributed by atoms with Crippen molar-refractivity contribution in [1.82, 2.24) is 20.2 Å². The van der Waals surface area contributed by atoms with Crippen molar-refractivity contribution < 1.29 is 18.4 Å². The third-order valence-corrected chi connectivity index (χ3v) is 6.36. The second-order valence-corrected chi connectivity index (χ2v) is 9.04. The number of halogens is 2. The standard InChI is InChI=1S/C28H25F2N5O2/c1-17(36)35-14-2-3-23(16-35)32-28(37)31-22-12-13-24-25(15-22)34-27(19-6-10-21(30)11-7-19)26(33-24)18-4-8-20(29)9-5-18/h4-13,15,23H,2-3,14,16H2,1H3,(H2,31,32,37). The molecule has 1 aromatic heterocycles. The fraction of sp³-hybridized carbons (Fsp3) is 0.214. The van der Waals surface area contributed by atoms with E-state index in [1.807, 2.05) is 0 Å². The highest BCUT2D eigenvalue weighted by atomic mass is 19.1. The lowest BCUT2D eigenvalue weighted by Gasteiger charge is -2.32. The molecule has 0 radical (unpaired) electrons. The number of benzene rings is 3. The lowest BCUT2D eigenvalue weighted by molar-refractivity contribution is -0.130. The van der Waals surface area contributed by atoms with Crippen LogP contribution in [0.3, 0.4) is 0 Å². The molecule has 9 heteroatoms. The highest BCUT2D eigenvalue weighted by molar-refractivity contribution is 5.93. The number of hydrogen-bond acceptors (Lipinski definition) is 4. The van der Waals surface area contributed by atoms with Crippen molar-refractivity contribution in [3.8, 4) is 22.5 Å². The summed E-state index contributed by atoms with van der Waals surface area (Å²) < 4.78 is 27.1. The van der Waals surface area contributed by atoms with E-state index >= 15 is 0 Å². The fourth-order valence-electron chi connectivity index (χ4n) is 4.48. The van der Waals surface area contributed by atoms with Gasteiger partial charge in [-0.1, -0.05) is 0 Å². The number of anilines is 1. The van der Waals surface area contributed by atoms with E-state index in [1.54, 1.807) is 47.4 Å². The SMILES string of the molecule is CC(=O)N1CCCC(NC(=O)Nc2ccc3nc(-c4ccc(F)cc4)c(-c4ccc(F)cc4)nc3c2)C1. The zero-order chi connectivity index (χ0) is 25.9. The van der Waals surface area contributed by atoms with Crippen LogP contribution >= 0.6 is 0 Å². The predicted molar refractivity (Wildman–Crippen MR) is 138 cm³/mol. The van der Waals surface area contributed by atoms with Crippen molar-refractivity contribution in [2.24, 2.45) is 0 Å². The molecular formula is C28H25F2N5O2. The summed E-state index contributed by atoms with van der Waals surface area (Å²) in [7, 11) is 0. The third-order valence-electron chi connectivity index (χ3n) is 6.36. The summed E-state index contributed by atoms with van der Waals surface area (Å²) in [6.45, 7) is 2.72.